The van der Waals surface area contributed by atoms with E-state index in [4.69, 9.17) is 4.52 Å². The van der Waals surface area contributed by atoms with Gasteiger partial charge in [0.15, 0.2) is 0 Å². The molecule has 0 bridgehead atoms. The number of carbonyl (C=O) groups excluding carboxylic acids is 1. The lowest BCUT2D eigenvalue weighted by molar-refractivity contribution is -0.116. The first-order valence-electron chi connectivity index (χ1n) is 9.35. The first-order chi connectivity index (χ1) is 14.5. The molecule has 0 fully saturated rings. The third kappa shape index (κ3) is 3.57. The maximum absolute atomic E-state index is 13.5. The van der Waals surface area contributed by atoms with Crippen LogP contribution < -0.4 is 4.90 Å². The molecule has 0 unspecified atom stereocenters. The maximum Gasteiger partial charge on any atom is 0.248 e. The molecule has 0 aliphatic heterocycles. The van der Waals surface area contributed by atoms with E-state index in [1.165, 1.54) is 30.3 Å². The van der Waals surface area contributed by atoms with Crippen LogP contribution in [0.2, 0.25) is 0 Å². The summed E-state index contributed by atoms with van der Waals surface area (Å²) >= 11 is 0. The predicted molar refractivity (Wildman–Crippen MR) is 112 cm³/mol. The molecule has 2 aromatic heterocycles. The van der Waals surface area contributed by atoms with E-state index < -0.39 is 0 Å². The van der Waals surface area contributed by atoms with Gasteiger partial charge in [-0.1, -0.05) is 17.3 Å². The van der Waals surface area contributed by atoms with Gasteiger partial charge in [0, 0.05) is 18.7 Å². The monoisotopic (exact) mass is 402 g/mol. The Morgan fingerprint density at radius 3 is 2.50 bits per heavy atom. The molecule has 6 nitrogen and oxygen atoms in total. The number of nitrogens with zero attached hydrogens (tertiary/aromatic N) is 4. The van der Waals surface area contributed by atoms with Crippen molar-refractivity contribution in [1.82, 2.24) is 15.1 Å². The Bertz CT molecular complexity index is 1200. The number of hydrogen-bond acceptors (Lipinski definition) is 5. The largest absolute Gasteiger partial charge is 0.336 e. The van der Waals surface area contributed by atoms with Crippen molar-refractivity contribution in [2.24, 2.45) is 0 Å². The molecule has 0 radical (unpaired) electrons. The third-order valence-electron chi connectivity index (χ3n) is 4.75. The Balaban J connectivity index is 1.98. The van der Waals surface area contributed by atoms with Crippen LogP contribution in [0, 0.1) is 19.7 Å². The van der Waals surface area contributed by atoms with Gasteiger partial charge in [0.2, 0.25) is 11.8 Å². The van der Waals surface area contributed by atoms with Crippen LogP contribution in [-0.2, 0) is 4.79 Å². The summed E-state index contributed by atoms with van der Waals surface area (Å²) in [7, 11) is 0. The van der Waals surface area contributed by atoms with Gasteiger partial charge in [0.25, 0.3) is 0 Å². The van der Waals surface area contributed by atoms with Gasteiger partial charge in [0.05, 0.1) is 16.9 Å². The summed E-state index contributed by atoms with van der Waals surface area (Å²) < 4.78 is 19.2. The van der Waals surface area contributed by atoms with Crippen molar-refractivity contribution in [3.05, 3.63) is 78.0 Å². The average molecular weight is 402 g/mol. The SMILES string of the molecule is CC(=O)N(c1cc(C)ccc1C)c1onc(-c2ccc(F)cc2)c1-c1ccncn1. The quantitative estimate of drug-likeness (QED) is 0.467. The smallest absolute Gasteiger partial charge is 0.248 e. The Morgan fingerprint density at radius 2 is 1.83 bits per heavy atom. The van der Waals surface area contributed by atoms with E-state index >= 15 is 0 Å². The maximum atomic E-state index is 13.5. The van der Waals surface area contributed by atoms with Gasteiger partial charge < -0.3 is 4.52 Å². The van der Waals surface area contributed by atoms with Crippen LogP contribution in [0.1, 0.15) is 18.1 Å². The zero-order chi connectivity index (χ0) is 21.3. The topological polar surface area (TPSA) is 72.1 Å². The molecule has 2 aromatic carbocycles. The van der Waals surface area contributed by atoms with Gasteiger partial charge in [-0.05, 0) is 61.4 Å². The molecule has 30 heavy (non-hydrogen) atoms. The number of aromatic nitrogens is 3. The fourth-order valence-electron chi connectivity index (χ4n) is 3.29. The molecule has 7 heteroatoms. The number of aryl methyl sites for hydroxylation is 2. The van der Waals surface area contributed by atoms with E-state index in [0.717, 1.165) is 11.1 Å². The standard InChI is InChI=1S/C23H19FN4O2/c1-14-4-5-15(2)20(12-14)28(16(3)29)23-21(19-10-11-25-13-26-19)22(27-30-23)17-6-8-18(24)9-7-17/h4-13H,1-3H3. The van der Waals surface area contributed by atoms with E-state index in [-0.39, 0.29) is 17.6 Å². The number of rotatable bonds is 4. The number of hydrogen-bond donors (Lipinski definition) is 0. The van der Waals surface area contributed by atoms with Crippen molar-refractivity contribution in [2.45, 2.75) is 20.8 Å². The normalized spacial score (nSPS) is 10.8. The minimum absolute atomic E-state index is 0.235. The number of carbonyl (C=O) groups is 1. The highest BCUT2D eigenvalue weighted by Gasteiger charge is 2.29. The molecule has 0 spiro atoms. The van der Waals surface area contributed by atoms with Crippen LogP contribution in [0.15, 0.2) is 65.6 Å². The van der Waals surface area contributed by atoms with E-state index in [9.17, 15) is 9.18 Å². The molecule has 0 aliphatic carbocycles. The molecule has 0 N–H and O–H groups in total. The summed E-state index contributed by atoms with van der Waals surface area (Å²) in [6.07, 6.45) is 3.01. The molecule has 2 heterocycles. The third-order valence-corrected chi connectivity index (χ3v) is 4.75. The first kappa shape index (κ1) is 19.4. The fourth-order valence-corrected chi connectivity index (χ4v) is 3.29. The van der Waals surface area contributed by atoms with Crippen molar-refractivity contribution >= 4 is 17.5 Å². The van der Waals surface area contributed by atoms with Gasteiger partial charge in [-0.3, -0.25) is 4.79 Å². The van der Waals surface area contributed by atoms with Gasteiger partial charge >= 0.3 is 0 Å². The minimum atomic E-state index is -0.355. The second-order valence-corrected chi connectivity index (χ2v) is 6.96. The van der Waals surface area contributed by atoms with E-state index in [0.29, 0.717) is 28.2 Å². The molecule has 4 rings (SSSR count). The van der Waals surface area contributed by atoms with Crippen LogP contribution in [0.4, 0.5) is 16.0 Å². The lowest BCUT2D eigenvalue weighted by Crippen LogP contribution is -2.24. The van der Waals surface area contributed by atoms with Crippen LogP contribution in [0.25, 0.3) is 22.5 Å². The molecule has 0 saturated heterocycles. The van der Waals surface area contributed by atoms with Gasteiger partial charge in [-0.2, -0.15) is 0 Å². The lowest BCUT2D eigenvalue weighted by Gasteiger charge is -2.21. The molecule has 0 atom stereocenters. The molecule has 150 valence electrons. The molecule has 0 saturated carbocycles. The summed E-state index contributed by atoms with van der Waals surface area (Å²) in [5.41, 5.74) is 4.77. The van der Waals surface area contributed by atoms with Gasteiger partial charge in [-0.25, -0.2) is 19.3 Å². The van der Waals surface area contributed by atoms with Crippen LogP contribution in [0.3, 0.4) is 0 Å². The Morgan fingerprint density at radius 1 is 1.07 bits per heavy atom. The number of benzene rings is 2. The summed E-state index contributed by atoms with van der Waals surface area (Å²) in [5.74, 6) is -0.346. The molecular weight excluding hydrogens is 383 g/mol. The molecule has 0 aliphatic rings. The highest BCUT2D eigenvalue weighted by molar-refractivity contribution is 6.03. The predicted octanol–water partition coefficient (Wildman–Crippen LogP) is 5.24. The zero-order valence-corrected chi connectivity index (χ0v) is 16.8. The first-order valence-corrected chi connectivity index (χ1v) is 9.35. The van der Waals surface area contributed by atoms with Crippen molar-refractivity contribution in [3.63, 3.8) is 0 Å². The van der Waals surface area contributed by atoms with E-state index in [2.05, 4.69) is 15.1 Å². The van der Waals surface area contributed by atoms with Crippen LogP contribution in [0.5, 0.6) is 0 Å². The van der Waals surface area contributed by atoms with Crippen molar-refractivity contribution in [2.75, 3.05) is 4.90 Å². The highest BCUT2D eigenvalue weighted by Crippen LogP contribution is 2.42. The van der Waals surface area contributed by atoms with Crippen molar-refractivity contribution in [1.29, 1.82) is 0 Å². The van der Waals surface area contributed by atoms with Crippen LogP contribution >= 0.6 is 0 Å². The van der Waals surface area contributed by atoms with E-state index in [1.807, 2.05) is 32.0 Å². The molecule has 4 aromatic rings. The fraction of sp³-hybridized carbons (Fsp3) is 0.130. The Hall–Kier alpha value is -3.87. The summed E-state index contributed by atoms with van der Waals surface area (Å²) in [5, 5.41) is 4.22. The van der Waals surface area contributed by atoms with Crippen molar-refractivity contribution in [3.8, 4) is 22.5 Å². The summed E-state index contributed by atoms with van der Waals surface area (Å²) in [4.78, 5) is 22.5. The molecular formula is C23H19FN4O2. The number of anilines is 2. The second-order valence-electron chi connectivity index (χ2n) is 6.96. The van der Waals surface area contributed by atoms with Crippen LogP contribution in [-0.4, -0.2) is 21.0 Å². The second kappa shape index (κ2) is 7.87. The van der Waals surface area contributed by atoms with Gasteiger partial charge in [0.1, 0.15) is 17.8 Å². The molecule has 1 amide bonds. The minimum Gasteiger partial charge on any atom is -0.336 e. The Labute approximate surface area is 173 Å². The number of halogens is 1. The van der Waals surface area contributed by atoms with E-state index in [1.54, 1.807) is 24.4 Å². The lowest BCUT2D eigenvalue weighted by atomic mass is 10.0. The van der Waals surface area contributed by atoms with Crippen molar-refractivity contribution < 1.29 is 13.7 Å². The summed E-state index contributed by atoms with van der Waals surface area (Å²) in [6.45, 7) is 5.34. The zero-order valence-electron chi connectivity index (χ0n) is 16.8. The van der Waals surface area contributed by atoms with Gasteiger partial charge in [-0.15, -0.1) is 0 Å². The highest BCUT2D eigenvalue weighted by atomic mass is 19.1. The number of amides is 1. The Kier molecular flexibility index (Phi) is 5.10. The summed E-state index contributed by atoms with van der Waals surface area (Å²) in [6, 6.07) is 13.5. The average Bonchev–Trinajstić information content (AvgIpc) is 3.16.